The molecule has 0 bridgehead atoms. The first-order valence-corrected chi connectivity index (χ1v) is 16.0. The van der Waals surface area contributed by atoms with Crippen molar-refractivity contribution >= 4 is 7.60 Å². The lowest BCUT2D eigenvalue weighted by Gasteiger charge is -2.35. The summed E-state index contributed by atoms with van der Waals surface area (Å²) in [5.41, 5.74) is 0. The molecule has 0 rings (SSSR count). The first-order chi connectivity index (χ1) is 16.5. The van der Waals surface area contributed by atoms with E-state index in [2.05, 4.69) is 31.2 Å². The first-order valence-electron chi connectivity index (χ1n) is 14.4. The molecule has 0 aliphatic rings. The summed E-state index contributed by atoms with van der Waals surface area (Å²) in [4.78, 5) is 19.2. The number of hydrogen-bond donors (Lipinski definition) is 3. The van der Waals surface area contributed by atoms with E-state index in [9.17, 15) is 19.5 Å². The standard InChI is InChI=1S/C29H58NO4P/c1-5-6-7-8-9-10-11-12-13-14-15-16-17-18-19-20-21-22-23-24-25-26-27-29(31,35(32,33)34)28-30(2,3)4/h7-8,14-15,31H,5-6,9-13,16-28H2,1-4H3,(H-,32,33,34)/p+1/b8-7-,15-14-. The van der Waals surface area contributed by atoms with Crippen LogP contribution in [0.4, 0.5) is 0 Å². The predicted octanol–water partition coefficient (Wildman–Crippen LogP) is 8.10. The summed E-state index contributed by atoms with van der Waals surface area (Å²) in [6, 6.07) is 0. The maximum Gasteiger partial charge on any atom is 0.362 e. The minimum Gasteiger partial charge on any atom is -0.373 e. The predicted molar refractivity (Wildman–Crippen MR) is 152 cm³/mol. The Morgan fingerprint density at radius 1 is 0.629 bits per heavy atom. The highest BCUT2D eigenvalue weighted by atomic mass is 31.2. The van der Waals surface area contributed by atoms with E-state index in [-0.39, 0.29) is 13.0 Å². The molecule has 6 heteroatoms. The summed E-state index contributed by atoms with van der Waals surface area (Å²) in [6.45, 7) is 2.28. The van der Waals surface area contributed by atoms with E-state index in [1.807, 2.05) is 21.1 Å². The van der Waals surface area contributed by atoms with Crippen LogP contribution in [-0.4, -0.2) is 52.4 Å². The average Bonchev–Trinajstić information content (AvgIpc) is 2.75. The molecule has 3 N–H and O–H groups in total. The van der Waals surface area contributed by atoms with Crippen molar-refractivity contribution in [2.24, 2.45) is 0 Å². The van der Waals surface area contributed by atoms with Gasteiger partial charge in [0.05, 0.1) is 21.1 Å². The molecule has 5 nitrogen and oxygen atoms in total. The summed E-state index contributed by atoms with van der Waals surface area (Å²) >= 11 is 0. The Morgan fingerprint density at radius 2 is 0.971 bits per heavy atom. The lowest BCUT2D eigenvalue weighted by Crippen LogP contribution is -2.49. The number of rotatable bonds is 24. The highest BCUT2D eigenvalue weighted by Gasteiger charge is 2.48. The van der Waals surface area contributed by atoms with E-state index in [0.29, 0.717) is 10.9 Å². The van der Waals surface area contributed by atoms with E-state index in [0.717, 1.165) is 12.8 Å². The number of aliphatic hydroxyl groups is 1. The topological polar surface area (TPSA) is 77.8 Å². The van der Waals surface area contributed by atoms with Gasteiger partial charge in [0.1, 0.15) is 6.54 Å². The maximum absolute atomic E-state index is 11.8. The zero-order valence-corrected chi connectivity index (χ0v) is 24.5. The number of nitrogens with zero attached hydrogens (tertiary/aromatic N) is 1. The van der Waals surface area contributed by atoms with Crippen molar-refractivity contribution in [2.45, 2.75) is 134 Å². The highest BCUT2D eigenvalue weighted by molar-refractivity contribution is 7.53. The molecule has 0 aromatic carbocycles. The smallest absolute Gasteiger partial charge is 0.362 e. The molecule has 0 saturated heterocycles. The molecule has 0 heterocycles. The fourth-order valence-corrected chi connectivity index (χ4v) is 5.56. The van der Waals surface area contributed by atoms with Crippen molar-refractivity contribution in [3.63, 3.8) is 0 Å². The molecule has 0 aliphatic heterocycles. The molecule has 0 spiro atoms. The lowest BCUT2D eigenvalue weighted by molar-refractivity contribution is -0.875. The minimum atomic E-state index is -4.55. The highest BCUT2D eigenvalue weighted by Crippen LogP contribution is 2.52. The molecule has 0 fully saturated rings. The van der Waals surface area contributed by atoms with Gasteiger partial charge in [-0.05, 0) is 57.8 Å². The lowest BCUT2D eigenvalue weighted by atomic mass is 10.0. The number of likely N-dealkylation sites (N-methyl/N-ethyl adjacent to an activating group) is 1. The van der Waals surface area contributed by atoms with E-state index >= 15 is 0 Å². The molecule has 0 saturated carbocycles. The van der Waals surface area contributed by atoms with Crippen molar-refractivity contribution in [3.8, 4) is 0 Å². The number of allylic oxidation sites excluding steroid dienone is 4. The molecule has 1 unspecified atom stereocenters. The van der Waals surface area contributed by atoms with E-state index in [1.165, 1.54) is 96.3 Å². The minimum absolute atomic E-state index is 0.0599. The van der Waals surface area contributed by atoms with E-state index < -0.39 is 12.9 Å². The Hall–Kier alpha value is -0.450. The molecule has 208 valence electrons. The monoisotopic (exact) mass is 516 g/mol. The third-order valence-corrected chi connectivity index (χ3v) is 7.95. The van der Waals surface area contributed by atoms with Gasteiger partial charge in [-0.1, -0.05) is 95.4 Å². The summed E-state index contributed by atoms with van der Waals surface area (Å²) in [5, 5.41) is 8.65. The van der Waals surface area contributed by atoms with Gasteiger partial charge in [0.25, 0.3) is 0 Å². The number of unbranched alkanes of at least 4 members (excludes halogenated alkanes) is 15. The molecule has 0 amide bonds. The fraction of sp³-hybridized carbons (Fsp3) is 0.862. The van der Waals surface area contributed by atoms with Gasteiger partial charge in [-0.3, -0.25) is 4.57 Å². The van der Waals surface area contributed by atoms with Crippen LogP contribution < -0.4 is 0 Å². The van der Waals surface area contributed by atoms with E-state index in [1.54, 1.807) is 0 Å². The van der Waals surface area contributed by atoms with Crippen LogP contribution in [0, 0.1) is 0 Å². The van der Waals surface area contributed by atoms with Gasteiger partial charge >= 0.3 is 7.60 Å². The largest absolute Gasteiger partial charge is 0.373 e. The Labute approximate surface area is 217 Å². The van der Waals surface area contributed by atoms with Crippen LogP contribution in [0.15, 0.2) is 24.3 Å². The second kappa shape index (κ2) is 20.6. The molecule has 1 atom stereocenters. The van der Waals surface area contributed by atoms with Crippen LogP contribution in [0.25, 0.3) is 0 Å². The van der Waals surface area contributed by atoms with Crippen molar-refractivity contribution in [2.75, 3.05) is 27.7 Å². The zero-order valence-electron chi connectivity index (χ0n) is 23.6. The van der Waals surface area contributed by atoms with Crippen LogP contribution in [0.5, 0.6) is 0 Å². The third kappa shape index (κ3) is 21.4. The molecule has 0 radical (unpaired) electrons. The van der Waals surface area contributed by atoms with Crippen LogP contribution in [-0.2, 0) is 4.57 Å². The SMILES string of the molecule is CCC/C=C\CCCCC/C=C\CCCCCCCCCCCCC(O)(C[N+](C)(C)C)P(=O)(O)O. The van der Waals surface area contributed by atoms with Gasteiger partial charge in [0, 0.05) is 0 Å². The van der Waals surface area contributed by atoms with Gasteiger partial charge in [0.15, 0.2) is 0 Å². The third-order valence-electron chi connectivity index (χ3n) is 6.50. The summed E-state index contributed by atoms with van der Waals surface area (Å²) in [7, 11) is 0.978. The van der Waals surface area contributed by atoms with Gasteiger partial charge in [-0.2, -0.15) is 0 Å². The van der Waals surface area contributed by atoms with Gasteiger partial charge in [0.2, 0.25) is 5.34 Å². The van der Waals surface area contributed by atoms with Crippen molar-refractivity contribution in [1.82, 2.24) is 0 Å². The van der Waals surface area contributed by atoms with Crippen LogP contribution in [0.3, 0.4) is 0 Å². The van der Waals surface area contributed by atoms with Crippen LogP contribution in [0.1, 0.15) is 129 Å². The van der Waals surface area contributed by atoms with E-state index in [4.69, 9.17) is 0 Å². The quantitative estimate of drug-likeness (QED) is 0.0524. The number of hydrogen-bond acceptors (Lipinski definition) is 2. The molecule has 0 aromatic heterocycles. The molecule has 35 heavy (non-hydrogen) atoms. The molecular weight excluding hydrogens is 457 g/mol. The maximum atomic E-state index is 11.8. The Morgan fingerprint density at radius 3 is 1.34 bits per heavy atom. The number of quaternary nitrogens is 1. The second-order valence-corrected chi connectivity index (χ2v) is 13.3. The molecule has 0 aliphatic carbocycles. The molecular formula is C29H59NO4P+. The van der Waals surface area contributed by atoms with Crippen molar-refractivity contribution in [1.29, 1.82) is 0 Å². The normalized spacial score (nSPS) is 14.8. The first kappa shape index (κ1) is 34.6. The molecule has 0 aromatic rings. The van der Waals surface area contributed by atoms with Crippen molar-refractivity contribution in [3.05, 3.63) is 24.3 Å². The Balaban J connectivity index is 3.54. The van der Waals surface area contributed by atoms with Crippen LogP contribution in [0.2, 0.25) is 0 Å². The Bertz CT molecular complexity index is 594. The zero-order chi connectivity index (χ0) is 26.5. The summed E-state index contributed by atoms with van der Waals surface area (Å²) < 4.78 is 12.1. The van der Waals surface area contributed by atoms with Gasteiger partial charge in [-0.25, -0.2) is 0 Å². The van der Waals surface area contributed by atoms with Gasteiger partial charge in [-0.15, -0.1) is 0 Å². The average molecular weight is 517 g/mol. The second-order valence-electron chi connectivity index (χ2n) is 11.4. The Kier molecular flexibility index (Phi) is 20.3. The van der Waals surface area contributed by atoms with Crippen LogP contribution >= 0.6 is 7.60 Å². The fourth-order valence-electron chi connectivity index (χ4n) is 4.50. The summed E-state index contributed by atoms with van der Waals surface area (Å²) in [5.74, 6) is 0. The summed E-state index contributed by atoms with van der Waals surface area (Å²) in [6.07, 6.45) is 31.3. The van der Waals surface area contributed by atoms with Gasteiger partial charge < -0.3 is 19.4 Å². The van der Waals surface area contributed by atoms with Crippen molar-refractivity contribution < 1.29 is 23.9 Å².